The molecule has 0 aliphatic carbocycles. The van der Waals surface area contributed by atoms with E-state index in [1.807, 2.05) is 0 Å². The lowest BCUT2D eigenvalue weighted by Crippen LogP contribution is -2.24. The summed E-state index contributed by atoms with van der Waals surface area (Å²) in [5.41, 5.74) is 5.96. The summed E-state index contributed by atoms with van der Waals surface area (Å²) < 4.78 is 11.6. The van der Waals surface area contributed by atoms with Gasteiger partial charge in [-0.15, -0.1) is 11.3 Å². The zero-order valence-electron chi connectivity index (χ0n) is 6.34. The van der Waals surface area contributed by atoms with Crippen molar-refractivity contribution in [1.29, 1.82) is 0 Å². The molecule has 0 radical (unpaired) electrons. The Balaban J connectivity index is 2.53. The summed E-state index contributed by atoms with van der Waals surface area (Å²) in [5, 5.41) is 4.07. The molecule has 1 heterocycles. The minimum atomic E-state index is -0.549. The van der Waals surface area contributed by atoms with Crippen LogP contribution in [0.1, 0.15) is 9.67 Å². The van der Waals surface area contributed by atoms with Crippen molar-refractivity contribution in [2.24, 2.45) is 0 Å². The van der Waals surface area contributed by atoms with E-state index in [0.29, 0.717) is 10.6 Å². The highest BCUT2D eigenvalue weighted by Gasteiger charge is 2.06. The second-order valence-corrected chi connectivity index (χ2v) is 3.10. The minimum absolute atomic E-state index is 0.0522. The topological polar surface area (TPSA) is 55.1 Å². The smallest absolute Gasteiger partial charge is 0.261 e. The van der Waals surface area contributed by atoms with Crippen LogP contribution < -0.4 is 11.1 Å². The van der Waals surface area contributed by atoms with Crippen LogP contribution in [0.15, 0.2) is 11.4 Å². The highest BCUT2D eigenvalue weighted by molar-refractivity contribution is 7.12. The summed E-state index contributed by atoms with van der Waals surface area (Å²) in [5.74, 6) is -0.269. The number of thiophene rings is 1. The predicted octanol–water partition coefficient (Wildman–Crippen LogP) is 1.03. The maximum absolute atomic E-state index is 11.6. The van der Waals surface area contributed by atoms with Gasteiger partial charge in [-0.1, -0.05) is 0 Å². The van der Waals surface area contributed by atoms with Crippen molar-refractivity contribution in [3.63, 3.8) is 0 Å². The summed E-state index contributed by atoms with van der Waals surface area (Å²) >= 11 is 1.25. The molecule has 1 aromatic rings. The molecule has 1 rings (SSSR count). The van der Waals surface area contributed by atoms with Crippen LogP contribution in [0.5, 0.6) is 0 Å². The van der Waals surface area contributed by atoms with E-state index in [1.54, 1.807) is 11.4 Å². The van der Waals surface area contributed by atoms with Crippen molar-refractivity contribution in [2.75, 3.05) is 19.0 Å². The number of nitrogen functional groups attached to an aromatic ring is 1. The Hall–Kier alpha value is -1.10. The largest absolute Gasteiger partial charge is 0.398 e. The van der Waals surface area contributed by atoms with Crippen molar-refractivity contribution in [3.05, 3.63) is 16.3 Å². The first-order valence-corrected chi connectivity index (χ1v) is 4.30. The summed E-state index contributed by atoms with van der Waals surface area (Å²) in [4.78, 5) is 11.6. The number of amides is 1. The number of hydrogen-bond donors (Lipinski definition) is 2. The monoisotopic (exact) mass is 188 g/mol. The highest BCUT2D eigenvalue weighted by Crippen LogP contribution is 2.15. The third kappa shape index (κ3) is 2.20. The number of carbonyl (C=O) groups excluding carboxylic acids is 1. The second-order valence-electron chi connectivity index (χ2n) is 2.19. The summed E-state index contributed by atoms with van der Waals surface area (Å²) in [6.07, 6.45) is 0. The van der Waals surface area contributed by atoms with Crippen LogP contribution in [0, 0.1) is 0 Å². The van der Waals surface area contributed by atoms with Gasteiger partial charge in [-0.2, -0.15) is 0 Å². The second kappa shape index (κ2) is 4.06. The Morgan fingerprint density at radius 3 is 3.00 bits per heavy atom. The van der Waals surface area contributed by atoms with Crippen molar-refractivity contribution in [3.8, 4) is 0 Å². The average Bonchev–Trinajstić information content (AvgIpc) is 2.47. The molecule has 3 N–H and O–H groups in total. The van der Waals surface area contributed by atoms with Crippen LogP contribution >= 0.6 is 11.3 Å². The first-order chi connectivity index (χ1) is 5.74. The van der Waals surface area contributed by atoms with E-state index < -0.39 is 6.67 Å². The summed E-state index contributed by atoms with van der Waals surface area (Å²) in [7, 11) is 0. The number of nitrogens with two attached hydrogens (primary N) is 1. The van der Waals surface area contributed by atoms with Crippen molar-refractivity contribution < 1.29 is 9.18 Å². The molecule has 5 heteroatoms. The lowest BCUT2D eigenvalue weighted by molar-refractivity contribution is 0.0955. The van der Waals surface area contributed by atoms with Crippen LogP contribution in [-0.2, 0) is 0 Å². The molecule has 12 heavy (non-hydrogen) atoms. The zero-order chi connectivity index (χ0) is 8.97. The fraction of sp³-hybridized carbons (Fsp3) is 0.286. The Morgan fingerprint density at radius 2 is 2.50 bits per heavy atom. The summed E-state index contributed by atoms with van der Waals surface area (Å²) in [6, 6.07) is 1.57. The van der Waals surface area contributed by atoms with Gasteiger partial charge in [0.25, 0.3) is 5.91 Å². The molecule has 0 fully saturated rings. The maximum atomic E-state index is 11.6. The molecule has 0 spiro atoms. The fourth-order valence-electron chi connectivity index (χ4n) is 0.718. The van der Waals surface area contributed by atoms with Crippen molar-refractivity contribution >= 4 is 22.9 Å². The molecule has 0 unspecified atom stereocenters. The molecule has 0 aromatic carbocycles. The Morgan fingerprint density at radius 1 is 1.75 bits per heavy atom. The van der Waals surface area contributed by atoms with E-state index in [0.717, 1.165) is 0 Å². The molecule has 66 valence electrons. The Kier molecular flexibility index (Phi) is 3.04. The SMILES string of the molecule is Nc1csc(C(=O)NCCF)c1. The van der Waals surface area contributed by atoms with Gasteiger partial charge in [-0.25, -0.2) is 4.39 Å². The Bertz CT molecular complexity index is 274. The molecule has 0 bridgehead atoms. The molecule has 0 aliphatic rings. The minimum Gasteiger partial charge on any atom is -0.398 e. The first-order valence-electron chi connectivity index (χ1n) is 3.42. The average molecular weight is 188 g/mol. The van der Waals surface area contributed by atoms with E-state index in [1.165, 1.54) is 11.3 Å². The third-order valence-corrected chi connectivity index (χ3v) is 2.17. The van der Waals surface area contributed by atoms with Gasteiger partial charge in [0.1, 0.15) is 6.67 Å². The van der Waals surface area contributed by atoms with Crippen LogP contribution in [0.4, 0.5) is 10.1 Å². The summed E-state index contributed by atoms with van der Waals surface area (Å²) in [6.45, 7) is -0.497. The van der Waals surface area contributed by atoms with Gasteiger partial charge < -0.3 is 11.1 Å². The van der Waals surface area contributed by atoms with Gasteiger partial charge in [-0.05, 0) is 6.07 Å². The van der Waals surface area contributed by atoms with E-state index in [4.69, 9.17) is 5.73 Å². The standard InChI is InChI=1S/C7H9FN2OS/c8-1-2-10-7(11)6-3-5(9)4-12-6/h3-4H,1-2,9H2,(H,10,11). The molecule has 0 saturated carbocycles. The van der Waals surface area contributed by atoms with E-state index in [9.17, 15) is 9.18 Å². The number of rotatable bonds is 3. The number of anilines is 1. The van der Waals surface area contributed by atoms with Crippen LogP contribution in [0.25, 0.3) is 0 Å². The number of hydrogen-bond acceptors (Lipinski definition) is 3. The van der Waals surface area contributed by atoms with Gasteiger partial charge in [0, 0.05) is 17.6 Å². The number of nitrogens with one attached hydrogen (secondary N) is 1. The molecular formula is C7H9FN2OS. The number of carbonyl (C=O) groups is 1. The molecule has 0 aliphatic heterocycles. The van der Waals surface area contributed by atoms with Gasteiger partial charge in [0.15, 0.2) is 0 Å². The van der Waals surface area contributed by atoms with E-state index in [2.05, 4.69) is 5.32 Å². The predicted molar refractivity (Wildman–Crippen MR) is 47.0 cm³/mol. The molecule has 1 amide bonds. The molecule has 0 atom stereocenters. The molecule has 0 saturated heterocycles. The van der Waals surface area contributed by atoms with E-state index in [-0.39, 0.29) is 12.5 Å². The third-order valence-electron chi connectivity index (χ3n) is 1.22. The van der Waals surface area contributed by atoms with Gasteiger partial charge in [-0.3, -0.25) is 4.79 Å². The van der Waals surface area contributed by atoms with E-state index >= 15 is 0 Å². The molecular weight excluding hydrogens is 179 g/mol. The fourth-order valence-corrected chi connectivity index (χ4v) is 1.43. The molecule has 3 nitrogen and oxygen atoms in total. The lowest BCUT2D eigenvalue weighted by atomic mass is 10.4. The van der Waals surface area contributed by atoms with Crippen molar-refractivity contribution in [2.45, 2.75) is 0 Å². The number of alkyl halides is 1. The lowest BCUT2D eigenvalue weighted by Gasteiger charge is -1.97. The van der Waals surface area contributed by atoms with Crippen LogP contribution in [0.3, 0.4) is 0 Å². The van der Waals surface area contributed by atoms with Crippen LogP contribution in [-0.4, -0.2) is 19.1 Å². The van der Waals surface area contributed by atoms with Crippen molar-refractivity contribution in [1.82, 2.24) is 5.32 Å². The zero-order valence-corrected chi connectivity index (χ0v) is 7.16. The van der Waals surface area contributed by atoms with Gasteiger partial charge in [0.05, 0.1) is 4.88 Å². The number of halogens is 1. The Labute approximate surface area is 73.4 Å². The van der Waals surface area contributed by atoms with Crippen LogP contribution in [0.2, 0.25) is 0 Å². The maximum Gasteiger partial charge on any atom is 0.261 e. The quantitative estimate of drug-likeness (QED) is 0.744. The van der Waals surface area contributed by atoms with Gasteiger partial charge >= 0.3 is 0 Å². The highest BCUT2D eigenvalue weighted by atomic mass is 32.1. The normalized spacial score (nSPS) is 9.75. The first kappa shape index (κ1) is 8.99. The van der Waals surface area contributed by atoms with Gasteiger partial charge in [0.2, 0.25) is 0 Å². The molecule has 1 aromatic heterocycles.